The second kappa shape index (κ2) is 11.3. The fourth-order valence-electron chi connectivity index (χ4n) is 6.05. The third-order valence-corrected chi connectivity index (χ3v) is 8.24. The van der Waals surface area contributed by atoms with Crippen LogP contribution in [0.25, 0.3) is 0 Å². The van der Waals surface area contributed by atoms with Crippen LogP contribution in [0, 0.1) is 31.5 Å². The van der Waals surface area contributed by atoms with Crippen molar-refractivity contribution in [3.05, 3.63) is 99.6 Å². The van der Waals surface area contributed by atoms with Crippen LogP contribution in [0.5, 0.6) is 0 Å². The number of nitrogens with one attached hydrogen (secondary N) is 2. The maximum absolute atomic E-state index is 14.7. The number of amides is 1. The van der Waals surface area contributed by atoms with E-state index in [9.17, 15) is 14.0 Å². The number of hydrogen-bond donors (Lipinski definition) is 2. The smallest absolute Gasteiger partial charge is 0.253 e. The van der Waals surface area contributed by atoms with Crippen LogP contribution in [-0.2, 0) is 0 Å². The van der Waals surface area contributed by atoms with E-state index in [2.05, 4.69) is 20.5 Å². The van der Waals surface area contributed by atoms with E-state index >= 15 is 0 Å². The summed E-state index contributed by atoms with van der Waals surface area (Å²) in [6.45, 7) is 6.58. The largest absolute Gasteiger partial charge is 0.345 e. The van der Waals surface area contributed by atoms with Gasteiger partial charge in [0.2, 0.25) is 0 Å². The summed E-state index contributed by atoms with van der Waals surface area (Å²) in [5.74, 6) is -0.640. The number of hydrogen-bond acceptors (Lipinski definition) is 5. The Labute approximate surface area is 227 Å². The van der Waals surface area contributed by atoms with Crippen LogP contribution < -0.4 is 10.6 Å². The number of aromatic nitrogens is 1. The van der Waals surface area contributed by atoms with Gasteiger partial charge in [-0.3, -0.25) is 19.5 Å². The van der Waals surface area contributed by atoms with Crippen LogP contribution in [0.15, 0.2) is 60.8 Å². The van der Waals surface area contributed by atoms with E-state index in [4.69, 9.17) is 11.6 Å². The standard InChI is InChI=1S/C30H32ClFN4O2/c1-18-11-13-34-19(2)26(18)30(38)35-25(20-7-4-3-5-8-20)12-14-36-17-21-15-33-16-22(21)28(36)29(37)27-23(31)9-6-10-24(27)32/h3-11,13,21-22,25,28,33H,12,14-17H2,1-2H3,(H,35,38)/t21?,22-,25?,28+/m1/s1. The zero-order valence-corrected chi connectivity index (χ0v) is 22.3. The Kier molecular flexibility index (Phi) is 7.88. The van der Waals surface area contributed by atoms with E-state index in [0.717, 1.165) is 24.2 Å². The van der Waals surface area contributed by atoms with Gasteiger partial charge in [-0.2, -0.15) is 0 Å². The lowest BCUT2D eigenvalue weighted by Crippen LogP contribution is -2.43. The van der Waals surface area contributed by atoms with Crippen LogP contribution in [0.2, 0.25) is 5.02 Å². The van der Waals surface area contributed by atoms with Crippen LogP contribution in [0.1, 0.15) is 50.0 Å². The molecule has 2 unspecified atom stereocenters. The van der Waals surface area contributed by atoms with Crippen LogP contribution in [-0.4, -0.2) is 53.8 Å². The number of benzene rings is 2. The molecule has 0 radical (unpaired) electrons. The number of pyridine rings is 1. The van der Waals surface area contributed by atoms with E-state index in [1.807, 2.05) is 50.2 Å². The van der Waals surface area contributed by atoms with Gasteiger partial charge >= 0.3 is 0 Å². The lowest BCUT2D eigenvalue weighted by molar-refractivity contribution is 0.0816. The third kappa shape index (κ3) is 5.23. The number of carbonyl (C=O) groups excluding carboxylic acids is 2. The number of ketones is 1. The molecule has 4 atom stereocenters. The average Bonchev–Trinajstić information content (AvgIpc) is 3.48. The van der Waals surface area contributed by atoms with Gasteiger partial charge in [0.05, 0.1) is 33.9 Å². The van der Waals surface area contributed by atoms with Crippen molar-refractivity contribution in [2.75, 3.05) is 26.2 Å². The molecule has 2 saturated heterocycles. The van der Waals surface area contributed by atoms with Gasteiger partial charge in [-0.05, 0) is 68.0 Å². The summed E-state index contributed by atoms with van der Waals surface area (Å²) < 4.78 is 14.7. The number of halogens is 2. The van der Waals surface area contributed by atoms with Crippen molar-refractivity contribution in [2.24, 2.45) is 11.8 Å². The first-order valence-corrected chi connectivity index (χ1v) is 13.4. The molecule has 0 spiro atoms. The van der Waals surface area contributed by atoms with Gasteiger partial charge in [-0.15, -0.1) is 0 Å². The van der Waals surface area contributed by atoms with Gasteiger partial charge in [0, 0.05) is 25.8 Å². The molecule has 2 aliphatic rings. The molecule has 38 heavy (non-hydrogen) atoms. The Hall–Kier alpha value is -3.13. The highest BCUT2D eigenvalue weighted by atomic mass is 35.5. The second-order valence-corrected chi connectivity index (χ2v) is 10.7. The van der Waals surface area contributed by atoms with Gasteiger partial charge < -0.3 is 10.6 Å². The molecular formula is C30H32ClFN4O2. The van der Waals surface area contributed by atoms with E-state index < -0.39 is 11.9 Å². The molecule has 0 bridgehead atoms. The first kappa shape index (κ1) is 26.5. The molecule has 1 aromatic heterocycles. The zero-order valence-electron chi connectivity index (χ0n) is 21.6. The molecule has 2 N–H and O–H groups in total. The van der Waals surface area contributed by atoms with Crippen molar-refractivity contribution in [3.8, 4) is 0 Å². The minimum absolute atomic E-state index is 0.0350. The number of fused-ring (bicyclic) bond motifs is 1. The maximum Gasteiger partial charge on any atom is 0.253 e. The van der Waals surface area contributed by atoms with E-state index in [1.165, 1.54) is 12.1 Å². The van der Waals surface area contributed by atoms with E-state index in [1.54, 1.807) is 12.3 Å². The molecule has 2 aromatic carbocycles. The quantitative estimate of drug-likeness (QED) is 0.408. The first-order valence-electron chi connectivity index (χ1n) is 13.1. The first-order chi connectivity index (χ1) is 18.3. The van der Waals surface area contributed by atoms with Crippen molar-refractivity contribution in [2.45, 2.75) is 32.4 Å². The van der Waals surface area contributed by atoms with Crippen molar-refractivity contribution in [1.82, 2.24) is 20.5 Å². The molecule has 3 heterocycles. The van der Waals surface area contributed by atoms with Crippen molar-refractivity contribution < 1.29 is 14.0 Å². The summed E-state index contributed by atoms with van der Waals surface area (Å²) in [6.07, 6.45) is 2.30. The molecule has 0 aliphatic carbocycles. The van der Waals surface area contributed by atoms with Crippen molar-refractivity contribution >= 4 is 23.3 Å². The van der Waals surface area contributed by atoms with Crippen LogP contribution >= 0.6 is 11.6 Å². The minimum atomic E-state index is -0.589. The third-order valence-electron chi connectivity index (χ3n) is 7.93. The maximum atomic E-state index is 14.7. The average molecular weight is 535 g/mol. The van der Waals surface area contributed by atoms with Gasteiger partial charge in [-0.1, -0.05) is 48.0 Å². The topological polar surface area (TPSA) is 74.3 Å². The van der Waals surface area contributed by atoms with Gasteiger partial charge in [0.1, 0.15) is 5.82 Å². The molecule has 198 valence electrons. The Bertz CT molecular complexity index is 1290. The second-order valence-electron chi connectivity index (χ2n) is 10.3. The number of aryl methyl sites for hydroxylation is 2. The summed E-state index contributed by atoms with van der Waals surface area (Å²) >= 11 is 6.29. The number of rotatable bonds is 8. The highest BCUT2D eigenvalue weighted by Crippen LogP contribution is 2.36. The molecular weight excluding hydrogens is 503 g/mol. The summed E-state index contributed by atoms with van der Waals surface area (Å²) in [6, 6.07) is 15.3. The van der Waals surface area contributed by atoms with Crippen LogP contribution in [0.4, 0.5) is 4.39 Å². The monoisotopic (exact) mass is 534 g/mol. The normalized spacial score (nSPS) is 21.7. The van der Waals surface area contributed by atoms with Gasteiger partial charge in [-0.25, -0.2) is 4.39 Å². The fourth-order valence-corrected chi connectivity index (χ4v) is 6.31. The number of carbonyl (C=O) groups is 2. The van der Waals surface area contributed by atoms with Gasteiger partial charge in [0.25, 0.3) is 5.91 Å². The lowest BCUT2D eigenvalue weighted by atomic mass is 9.89. The highest BCUT2D eigenvalue weighted by Gasteiger charge is 2.48. The molecule has 5 rings (SSSR count). The highest BCUT2D eigenvalue weighted by molar-refractivity contribution is 6.34. The molecule has 1 amide bonds. The number of likely N-dealkylation sites (tertiary alicyclic amines) is 1. The Morgan fingerprint density at radius 1 is 1.11 bits per heavy atom. The molecule has 8 heteroatoms. The number of nitrogens with zero attached hydrogens (tertiary/aromatic N) is 2. The number of Topliss-reactive ketones (excluding diaryl/α,β-unsaturated/α-hetero) is 1. The molecule has 2 aliphatic heterocycles. The summed E-state index contributed by atoms with van der Waals surface area (Å²) in [5.41, 5.74) is 3.08. The Balaban J connectivity index is 1.39. The predicted molar refractivity (Wildman–Crippen MR) is 146 cm³/mol. The minimum Gasteiger partial charge on any atom is -0.345 e. The molecule has 3 aromatic rings. The fraction of sp³-hybridized carbons (Fsp3) is 0.367. The SMILES string of the molecule is Cc1ccnc(C)c1C(=O)NC(CCN1CC2CNC[C@H]2[C@H]1C(=O)c1c(F)cccc1Cl)c1ccccc1. The predicted octanol–water partition coefficient (Wildman–Crippen LogP) is 4.75. The summed E-state index contributed by atoms with van der Waals surface area (Å²) in [7, 11) is 0. The Morgan fingerprint density at radius 2 is 1.89 bits per heavy atom. The van der Waals surface area contributed by atoms with Gasteiger partial charge in [0.15, 0.2) is 5.78 Å². The lowest BCUT2D eigenvalue weighted by Gasteiger charge is -2.29. The van der Waals surface area contributed by atoms with Crippen LogP contribution in [0.3, 0.4) is 0 Å². The summed E-state index contributed by atoms with van der Waals surface area (Å²) in [4.78, 5) is 33.6. The van der Waals surface area contributed by atoms with Crippen molar-refractivity contribution in [3.63, 3.8) is 0 Å². The van der Waals surface area contributed by atoms with E-state index in [-0.39, 0.29) is 34.2 Å². The summed E-state index contributed by atoms with van der Waals surface area (Å²) in [5, 5.41) is 6.74. The molecule has 2 fully saturated rings. The zero-order chi connectivity index (χ0) is 26.8. The Morgan fingerprint density at radius 3 is 2.63 bits per heavy atom. The molecule has 0 saturated carbocycles. The molecule has 6 nitrogen and oxygen atoms in total. The van der Waals surface area contributed by atoms with Crippen molar-refractivity contribution in [1.29, 1.82) is 0 Å². The van der Waals surface area contributed by atoms with E-state index in [0.29, 0.717) is 36.7 Å².